The quantitative estimate of drug-likeness (QED) is 0.629. The molecule has 0 amide bonds. The molecule has 1 aromatic rings. The summed E-state index contributed by atoms with van der Waals surface area (Å²) < 4.78 is 5.99. The molecule has 0 saturated heterocycles. The Balaban J connectivity index is 2.05. The minimum atomic E-state index is -0.0987. The summed E-state index contributed by atoms with van der Waals surface area (Å²) in [4.78, 5) is 4.47. The first-order valence-corrected chi connectivity index (χ1v) is 5.98. The lowest BCUT2D eigenvalue weighted by molar-refractivity contribution is -0.0659. The molecule has 3 rings (SSSR count). The molecule has 1 aromatic heterocycles. The van der Waals surface area contributed by atoms with Crippen LogP contribution in [0.2, 0.25) is 5.15 Å². The van der Waals surface area contributed by atoms with Gasteiger partial charge in [0.15, 0.2) is 0 Å². The number of halogens is 1. The van der Waals surface area contributed by atoms with E-state index in [4.69, 9.17) is 16.3 Å². The third-order valence-corrected chi connectivity index (χ3v) is 3.75. The molecular weight excluding hydrogens is 210 g/mol. The number of nitrogens with zero attached hydrogens (tertiary/aromatic N) is 1. The molecule has 3 heteroatoms. The summed E-state index contributed by atoms with van der Waals surface area (Å²) in [5, 5.41) is 0.587. The van der Waals surface area contributed by atoms with E-state index in [0.29, 0.717) is 11.8 Å². The second-order valence-corrected chi connectivity index (χ2v) is 4.87. The van der Waals surface area contributed by atoms with Crippen LogP contribution in [0.1, 0.15) is 43.4 Å². The summed E-state index contributed by atoms with van der Waals surface area (Å²) in [6.45, 7) is 0.708. The fourth-order valence-corrected chi connectivity index (χ4v) is 2.91. The van der Waals surface area contributed by atoms with Gasteiger partial charge in [-0.1, -0.05) is 36.9 Å². The number of fused-ring (bicyclic) bond motifs is 2. The topological polar surface area (TPSA) is 22.1 Å². The largest absolute Gasteiger partial charge is 0.364 e. The average Bonchev–Trinajstić information content (AvgIpc) is 2.59. The zero-order valence-electron chi connectivity index (χ0n) is 8.63. The van der Waals surface area contributed by atoms with Crippen molar-refractivity contribution in [1.82, 2.24) is 4.98 Å². The molecule has 1 aliphatic heterocycles. The van der Waals surface area contributed by atoms with Crippen LogP contribution in [0.15, 0.2) is 12.1 Å². The van der Waals surface area contributed by atoms with Gasteiger partial charge in [-0.3, -0.25) is 0 Å². The first-order valence-electron chi connectivity index (χ1n) is 5.60. The van der Waals surface area contributed by atoms with Gasteiger partial charge in [-0.15, -0.1) is 0 Å². The summed E-state index contributed by atoms with van der Waals surface area (Å²) in [6, 6.07) is 3.90. The summed E-state index contributed by atoms with van der Waals surface area (Å²) >= 11 is 5.96. The van der Waals surface area contributed by atoms with Crippen LogP contribution in [0.3, 0.4) is 0 Å². The zero-order valence-corrected chi connectivity index (χ0v) is 9.39. The van der Waals surface area contributed by atoms with Gasteiger partial charge in [0, 0.05) is 5.56 Å². The van der Waals surface area contributed by atoms with Gasteiger partial charge in [0.2, 0.25) is 0 Å². The summed E-state index contributed by atoms with van der Waals surface area (Å²) in [6.07, 6.45) is 6.02. The van der Waals surface area contributed by atoms with Gasteiger partial charge in [0.05, 0.1) is 12.3 Å². The van der Waals surface area contributed by atoms with Gasteiger partial charge in [0.25, 0.3) is 0 Å². The van der Waals surface area contributed by atoms with E-state index in [1.54, 1.807) is 0 Å². The van der Waals surface area contributed by atoms with Gasteiger partial charge in [-0.2, -0.15) is 0 Å². The van der Waals surface area contributed by atoms with Crippen molar-refractivity contribution in [2.24, 2.45) is 0 Å². The first-order chi connectivity index (χ1) is 7.30. The van der Waals surface area contributed by atoms with E-state index in [9.17, 15) is 0 Å². The van der Waals surface area contributed by atoms with Gasteiger partial charge >= 0.3 is 0 Å². The van der Waals surface area contributed by atoms with Gasteiger partial charge in [-0.25, -0.2) is 4.98 Å². The first kappa shape index (κ1) is 9.61. The fraction of sp³-hybridized carbons (Fsp3) is 0.583. The van der Waals surface area contributed by atoms with Crippen molar-refractivity contribution in [3.8, 4) is 0 Å². The Morgan fingerprint density at radius 1 is 1.20 bits per heavy atom. The second-order valence-electron chi connectivity index (χ2n) is 4.49. The number of aromatic nitrogens is 1. The van der Waals surface area contributed by atoms with E-state index in [0.717, 1.165) is 18.5 Å². The standard InChI is InChI=1S/C12H14ClNO/c13-10-5-4-9-8-15-12(11(9)14-10)6-2-1-3-7-12/h4-5H,1-3,6-8H2. The highest BCUT2D eigenvalue weighted by molar-refractivity contribution is 6.29. The van der Waals surface area contributed by atoms with Crippen LogP contribution in [-0.4, -0.2) is 4.98 Å². The highest BCUT2D eigenvalue weighted by atomic mass is 35.5. The lowest BCUT2D eigenvalue weighted by atomic mass is 9.82. The Kier molecular flexibility index (Phi) is 2.22. The van der Waals surface area contributed by atoms with Crippen LogP contribution in [0, 0.1) is 0 Å². The monoisotopic (exact) mass is 223 g/mol. The van der Waals surface area contributed by atoms with Crippen LogP contribution < -0.4 is 0 Å². The van der Waals surface area contributed by atoms with Crippen molar-refractivity contribution in [3.05, 3.63) is 28.5 Å². The van der Waals surface area contributed by atoms with Crippen molar-refractivity contribution in [2.45, 2.75) is 44.3 Å². The molecule has 2 aliphatic rings. The molecule has 1 aliphatic carbocycles. The van der Waals surface area contributed by atoms with Crippen LogP contribution in [0.4, 0.5) is 0 Å². The Morgan fingerprint density at radius 3 is 2.80 bits per heavy atom. The maximum Gasteiger partial charge on any atom is 0.129 e. The van der Waals surface area contributed by atoms with Crippen molar-refractivity contribution in [1.29, 1.82) is 0 Å². The highest BCUT2D eigenvalue weighted by Crippen LogP contribution is 2.45. The average molecular weight is 224 g/mol. The van der Waals surface area contributed by atoms with E-state index in [2.05, 4.69) is 4.98 Å². The second kappa shape index (κ2) is 3.46. The number of ether oxygens (including phenoxy) is 1. The van der Waals surface area contributed by atoms with E-state index in [1.807, 2.05) is 12.1 Å². The Hall–Kier alpha value is -0.600. The predicted octanol–water partition coefficient (Wildman–Crippen LogP) is 3.42. The van der Waals surface area contributed by atoms with Crippen molar-refractivity contribution < 1.29 is 4.74 Å². The van der Waals surface area contributed by atoms with Crippen molar-refractivity contribution in [2.75, 3.05) is 0 Å². The fourth-order valence-electron chi connectivity index (χ4n) is 2.76. The Morgan fingerprint density at radius 2 is 2.00 bits per heavy atom. The normalized spacial score (nSPS) is 23.0. The minimum absolute atomic E-state index is 0.0987. The lowest BCUT2D eigenvalue weighted by Crippen LogP contribution is -2.29. The highest BCUT2D eigenvalue weighted by Gasteiger charge is 2.42. The molecule has 0 aromatic carbocycles. The van der Waals surface area contributed by atoms with Crippen LogP contribution in [0.5, 0.6) is 0 Å². The minimum Gasteiger partial charge on any atom is -0.364 e. The smallest absolute Gasteiger partial charge is 0.129 e. The van der Waals surface area contributed by atoms with Gasteiger partial charge in [0.1, 0.15) is 10.8 Å². The maximum absolute atomic E-state index is 5.99. The molecule has 1 spiro atoms. The van der Waals surface area contributed by atoms with E-state index >= 15 is 0 Å². The number of pyridine rings is 1. The molecule has 1 saturated carbocycles. The van der Waals surface area contributed by atoms with E-state index in [-0.39, 0.29) is 5.60 Å². The maximum atomic E-state index is 5.99. The molecule has 2 nitrogen and oxygen atoms in total. The molecule has 0 N–H and O–H groups in total. The molecule has 0 bridgehead atoms. The lowest BCUT2D eigenvalue weighted by Gasteiger charge is -2.32. The van der Waals surface area contributed by atoms with Crippen molar-refractivity contribution >= 4 is 11.6 Å². The van der Waals surface area contributed by atoms with E-state index in [1.165, 1.54) is 24.8 Å². The third kappa shape index (κ3) is 1.47. The number of hydrogen-bond acceptors (Lipinski definition) is 2. The SMILES string of the molecule is Clc1ccc2c(n1)C1(CCCCC1)OC2. The molecule has 15 heavy (non-hydrogen) atoms. The van der Waals surface area contributed by atoms with Crippen LogP contribution in [-0.2, 0) is 16.9 Å². The third-order valence-electron chi connectivity index (χ3n) is 3.54. The predicted molar refractivity (Wildman–Crippen MR) is 58.8 cm³/mol. The van der Waals surface area contributed by atoms with Crippen LogP contribution >= 0.6 is 11.6 Å². The molecule has 0 atom stereocenters. The number of rotatable bonds is 0. The number of hydrogen-bond donors (Lipinski definition) is 0. The van der Waals surface area contributed by atoms with Crippen LogP contribution in [0.25, 0.3) is 0 Å². The van der Waals surface area contributed by atoms with Gasteiger partial charge in [-0.05, 0) is 18.9 Å². The summed E-state index contributed by atoms with van der Waals surface area (Å²) in [5.74, 6) is 0. The van der Waals surface area contributed by atoms with Crippen molar-refractivity contribution in [3.63, 3.8) is 0 Å². The van der Waals surface area contributed by atoms with E-state index < -0.39 is 0 Å². The summed E-state index contributed by atoms with van der Waals surface area (Å²) in [5.41, 5.74) is 2.23. The molecular formula is C12H14ClNO. The van der Waals surface area contributed by atoms with Gasteiger partial charge < -0.3 is 4.74 Å². The Labute approximate surface area is 94.6 Å². The zero-order chi connectivity index (χ0) is 10.3. The molecule has 0 unspecified atom stereocenters. The molecule has 1 fully saturated rings. The Bertz CT molecular complexity index is 380. The summed E-state index contributed by atoms with van der Waals surface area (Å²) in [7, 11) is 0. The molecule has 2 heterocycles. The molecule has 80 valence electrons. The molecule has 0 radical (unpaired) electrons.